The Balaban J connectivity index is 1.84. The van der Waals surface area contributed by atoms with Crippen LogP contribution in [0.4, 0.5) is 0 Å². The maximum Gasteiger partial charge on any atom is 0.338 e. The molecule has 0 saturated heterocycles. The van der Waals surface area contributed by atoms with E-state index in [4.69, 9.17) is 4.74 Å². The second kappa shape index (κ2) is 9.29. The van der Waals surface area contributed by atoms with Crippen LogP contribution < -0.4 is 10.0 Å². The lowest BCUT2D eigenvalue weighted by molar-refractivity contribution is -0.124. The highest BCUT2D eigenvalue weighted by Gasteiger charge is 2.16. The lowest BCUT2D eigenvalue weighted by Crippen LogP contribution is -2.30. The molecule has 0 aromatic heterocycles. The molecule has 8 heteroatoms. The van der Waals surface area contributed by atoms with E-state index in [1.165, 1.54) is 31.3 Å². The van der Waals surface area contributed by atoms with E-state index in [0.717, 1.165) is 11.1 Å². The topological polar surface area (TPSA) is 102 Å². The summed E-state index contributed by atoms with van der Waals surface area (Å²) < 4.78 is 30.7. The number of aryl methyl sites for hydroxylation is 1. The highest BCUT2D eigenvalue weighted by atomic mass is 32.2. The Morgan fingerprint density at radius 3 is 2.52 bits per heavy atom. The van der Waals surface area contributed by atoms with Gasteiger partial charge in [0.15, 0.2) is 6.61 Å². The molecule has 0 aliphatic heterocycles. The third-order valence-electron chi connectivity index (χ3n) is 3.96. The molecular formula is C19H22N2O5S. The van der Waals surface area contributed by atoms with E-state index in [0.29, 0.717) is 13.0 Å². The van der Waals surface area contributed by atoms with Gasteiger partial charge < -0.3 is 10.1 Å². The molecule has 0 unspecified atom stereocenters. The Morgan fingerprint density at radius 2 is 1.81 bits per heavy atom. The van der Waals surface area contributed by atoms with Gasteiger partial charge in [0.2, 0.25) is 10.0 Å². The summed E-state index contributed by atoms with van der Waals surface area (Å²) in [6.45, 7) is 1.99. The molecule has 0 aliphatic rings. The smallest absolute Gasteiger partial charge is 0.338 e. The molecule has 7 nitrogen and oxygen atoms in total. The van der Waals surface area contributed by atoms with Crippen molar-refractivity contribution in [3.05, 3.63) is 65.2 Å². The van der Waals surface area contributed by atoms with Gasteiger partial charge in [0.25, 0.3) is 5.91 Å². The number of amides is 1. The average Bonchev–Trinajstić information content (AvgIpc) is 2.67. The highest BCUT2D eigenvalue weighted by Crippen LogP contribution is 2.12. The van der Waals surface area contributed by atoms with Gasteiger partial charge in [0.05, 0.1) is 10.5 Å². The molecule has 144 valence electrons. The number of ether oxygens (including phenoxy) is 1. The van der Waals surface area contributed by atoms with Crippen molar-refractivity contribution in [3.8, 4) is 0 Å². The second-order valence-corrected chi connectivity index (χ2v) is 7.72. The Morgan fingerprint density at radius 1 is 1.07 bits per heavy atom. The van der Waals surface area contributed by atoms with Crippen LogP contribution in [0.2, 0.25) is 0 Å². The summed E-state index contributed by atoms with van der Waals surface area (Å²) in [5, 5.41) is 2.69. The number of sulfonamides is 1. The predicted molar refractivity (Wildman–Crippen MR) is 101 cm³/mol. The van der Waals surface area contributed by atoms with Crippen molar-refractivity contribution in [1.82, 2.24) is 10.0 Å². The average molecular weight is 390 g/mol. The van der Waals surface area contributed by atoms with Crippen LogP contribution >= 0.6 is 0 Å². The molecule has 0 fully saturated rings. The summed E-state index contributed by atoms with van der Waals surface area (Å²) >= 11 is 0. The van der Waals surface area contributed by atoms with E-state index >= 15 is 0 Å². The van der Waals surface area contributed by atoms with E-state index in [1.807, 2.05) is 31.2 Å². The first kappa shape index (κ1) is 20.6. The van der Waals surface area contributed by atoms with Crippen LogP contribution in [0.3, 0.4) is 0 Å². The molecule has 0 spiro atoms. The van der Waals surface area contributed by atoms with Gasteiger partial charge in [-0.3, -0.25) is 4.79 Å². The Bertz CT molecular complexity index is 925. The number of carbonyl (C=O) groups is 2. The Hall–Kier alpha value is -2.71. The summed E-state index contributed by atoms with van der Waals surface area (Å²) in [7, 11) is -2.39. The van der Waals surface area contributed by atoms with E-state index in [9.17, 15) is 18.0 Å². The molecular weight excluding hydrogens is 368 g/mol. The minimum absolute atomic E-state index is 0.0536. The molecule has 0 aliphatic carbocycles. The molecule has 0 radical (unpaired) electrons. The van der Waals surface area contributed by atoms with Crippen molar-refractivity contribution in [3.63, 3.8) is 0 Å². The molecule has 0 heterocycles. The lowest BCUT2D eigenvalue weighted by Gasteiger charge is -2.09. The van der Waals surface area contributed by atoms with Crippen LogP contribution in [0.1, 0.15) is 21.5 Å². The van der Waals surface area contributed by atoms with Crippen molar-refractivity contribution in [2.75, 3.05) is 20.2 Å². The van der Waals surface area contributed by atoms with Gasteiger partial charge in [-0.2, -0.15) is 0 Å². The monoisotopic (exact) mass is 390 g/mol. The van der Waals surface area contributed by atoms with E-state index in [2.05, 4.69) is 10.0 Å². The number of nitrogens with one attached hydrogen (secondary N) is 2. The Labute approximate surface area is 158 Å². The van der Waals surface area contributed by atoms with E-state index in [1.54, 1.807) is 0 Å². The molecule has 2 N–H and O–H groups in total. The van der Waals surface area contributed by atoms with Gasteiger partial charge in [-0.25, -0.2) is 17.9 Å². The quantitative estimate of drug-likeness (QED) is 0.664. The summed E-state index contributed by atoms with van der Waals surface area (Å²) in [6.07, 6.45) is 0.677. The zero-order valence-corrected chi connectivity index (χ0v) is 16.0. The van der Waals surface area contributed by atoms with Gasteiger partial charge in [-0.15, -0.1) is 0 Å². The number of benzene rings is 2. The normalized spacial score (nSPS) is 11.0. The number of carbonyl (C=O) groups excluding carboxylic acids is 2. The van der Waals surface area contributed by atoms with Crippen LogP contribution in [-0.4, -0.2) is 40.5 Å². The number of esters is 1. The van der Waals surface area contributed by atoms with Crippen molar-refractivity contribution in [1.29, 1.82) is 0 Å². The molecule has 2 aromatic rings. The molecule has 2 aromatic carbocycles. The zero-order valence-electron chi connectivity index (χ0n) is 15.2. The summed E-state index contributed by atoms with van der Waals surface area (Å²) in [5.41, 5.74) is 2.34. The fraction of sp³-hybridized carbons (Fsp3) is 0.263. The van der Waals surface area contributed by atoms with Crippen molar-refractivity contribution < 1.29 is 22.7 Å². The maximum absolute atomic E-state index is 12.0. The van der Waals surface area contributed by atoms with Crippen molar-refractivity contribution in [2.24, 2.45) is 0 Å². The van der Waals surface area contributed by atoms with Gasteiger partial charge in [0, 0.05) is 6.54 Å². The number of rotatable bonds is 8. The first-order valence-corrected chi connectivity index (χ1v) is 9.84. The van der Waals surface area contributed by atoms with E-state index in [-0.39, 0.29) is 10.5 Å². The fourth-order valence-electron chi connectivity index (χ4n) is 2.40. The van der Waals surface area contributed by atoms with Crippen LogP contribution in [0.25, 0.3) is 0 Å². The van der Waals surface area contributed by atoms with Crippen LogP contribution in [-0.2, 0) is 26.0 Å². The van der Waals surface area contributed by atoms with Gasteiger partial charge in [-0.1, -0.05) is 30.3 Å². The van der Waals surface area contributed by atoms with Crippen molar-refractivity contribution in [2.45, 2.75) is 18.2 Å². The minimum Gasteiger partial charge on any atom is -0.452 e. The van der Waals surface area contributed by atoms with Gasteiger partial charge in [0.1, 0.15) is 0 Å². The van der Waals surface area contributed by atoms with Gasteiger partial charge in [-0.05, 0) is 49.7 Å². The van der Waals surface area contributed by atoms with Gasteiger partial charge >= 0.3 is 5.97 Å². The first-order valence-electron chi connectivity index (χ1n) is 8.35. The zero-order chi connectivity index (χ0) is 19.9. The van der Waals surface area contributed by atoms with E-state index < -0.39 is 28.5 Å². The number of hydrogen-bond acceptors (Lipinski definition) is 5. The third kappa shape index (κ3) is 5.90. The van der Waals surface area contributed by atoms with Crippen LogP contribution in [0.15, 0.2) is 53.4 Å². The van der Waals surface area contributed by atoms with Crippen LogP contribution in [0.5, 0.6) is 0 Å². The predicted octanol–water partition coefficient (Wildman–Crippen LogP) is 1.42. The maximum atomic E-state index is 12.0. The lowest BCUT2D eigenvalue weighted by atomic mass is 10.1. The minimum atomic E-state index is -3.66. The summed E-state index contributed by atoms with van der Waals surface area (Å²) in [6, 6.07) is 13.3. The summed E-state index contributed by atoms with van der Waals surface area (Å²) in [5.74, 6) is -1.19. The molecule has 0 atom stereocenters. The molecule has 2 rings (SSSR count). The molecule has 0 bridgehead atoms. The molecule has 27 heavy (non-hydrogen) atoms. The standard InChI is InChI=1S/C19H22N2O5S/c1-14-6-3-4-7-15(14)10-11-21-18(22)13-26-19(23)16-8-5-9-17(12-16)27(24,25)20-2/h3-9,12,20H,10-11,13H2,1-2H3,(H,21,22). The Kier molecular flexibility index (Phi) is 7.09. The third-order valence-corrected chi connectivity index (χ3v) is 5.37. The number of hydrogen-bond donors (Lipinski definition) is 2. The highest BCUT2D eigenvalue weighted by molar-refractivity contribution is 7.89. The van der Waals surface area contributed by atoms with Crippen LogP contribution in [0, 0.1) is 6.92 Å². The largest absolute Gasteiger partial charge is 0.452 e. The molecule has 1 amide bonds. The fourth-order valence-corrected chi connectivity index (χ4v) is 3.18. The van der Waals surface area contributed by atoms with Crippen molar-refractivity contribution >= 4 is 21.9 Å². The molecule has 0 saturated carbocycles. The first-order chi connectivity index (χ1) is 12.8. The second-order valence-electron chi connectivity index (χ2n) is 5.84. The summed E-state index contributed by atoms with van der Waals surface area (Å²) in [4.78, 5) is 23.8. The SMILES string of the molecule is CNS(=O)(=O)c1cccc(C(=O)OCC(=O)NCCc2ccccc2C)c1.